The fraction of sp³-hybridized carbons (Fsp3) is 0.286. The van der Waals surface area contributed by atoms with Gasteiger partial charge in [0.15, 0.2) is 0 Å². The molecule has 0 saturated carbocycles. The van der Waals surface area contributed by atoms with Crippen LogP contribution in [0.25, 0.3) is 10.1 Å². The van der Waals surface area contributed by atoms with E-state index >= 15 is 0 Å². The van der Waals surface area contributed by atoms with E-state index in [9.17, 15) is 4.79 Å². The van der Waals surface area contributed by atoms with Crippen molar-refractivity contribution in [3.63, 3.8) is 0 Å². The number of hydrogen-bond acceptors (Lipinski definition) is 4. The summed E-state index contributed by atoms with van der Waals surface area (Å²) in [6.07, 6.45) is 3.57. The van der Waals surface area contributed by atoms with Gasteiger partial charge in [-0.25, -0.2) is 4.98 Å². The SMILES string of the molecule is COCCn1cncc1Cn1sc2ccccc2c1=O. The highest BCUT2D eigenvalue weighted by Crippen LogP contribution is 2.17. The molecule has 0 saturated heterocycles. The lowest BCUT2D eigenvalue weighted by atomic mass is 10.3. The lowest BCUT2D eigenvalue weighted by Gasteiger charge is -2.07. The molecule has 2 aromatic heterocycles. The molecule has 0 unspecified atom stereocenters. The van der Waals surface area contributed by atoms with Crippen LogP contribution in [-0.4, -0.2) is 27.2 Å². The highest BCUT2D eigenvalue weighted by molar-refractivity contribution is 7.13. The molecule has 0 atom stereocenters. The summed E-state index contributed by atoms with van der Waals surface area (Å²) in [5.41, 5.74) is 1.07. The van der Waals surface area contributed by atoms with Crippen molar-refractivity contribution < 1.29 is 4.74 Å². The van der Waals surface area contributed by atoms with Gasteiger partial charge in [0.1, 0.15) is 0 Å². The maximum Gasteiger partial charge on any atom is 0.268 e. The number of methoxy groups -OCH3 is 1. The topological polar surface area (TPSA) is 49.0 Å². The van der Waals surface area contributed by atoms with Crippen molar-refractivity contribution in [3.05, 3.63) is 52.8 Å². The smallest absolute Gasteiger partial charge is 0.268 e. The van der Waals surface area contributed by atoms with Crippen molar-refractivity contribution in [3.8, 4) is 0 Å². The number of aromatic nitrogens is 3. The molecule has 2 heterocycles. The van der Waals surface area contributed by atoms with E-state index < -0.39 is 0 Å². The van der Waals surface area contributed by atoms with Gasteiger partial charge in [-0.2, -0.15) is 0 Å². The normalized spacial score (nSPS) is 11.2. The summed E-state index contributed by atoms with van der Waals surface area (Å²) in [5, 5.41) is 0.778. The zero-order chi connectivity index (χ0) is 13.9. The van der Waals surface area contributed by atoms with E-state index in [-0.39, 0.29) is 5.56 Å². The van der Waals surface area contributed by atoms with Crippen molar-refractivity contribution in [2.24, 2.45) is 0 Å². The molecule has 5 nitrogen and oxygen atoms in total. The third-order valence-corrected chi connectivity index (χ3v) is 4.26. The standard InChI is InChI=1S/C14H15N3O2S/c1-19-7-6-16-10-15-8-11(16)9-17-14(18)12-4-2-3-5-13(12)20-17/h2-5,8,10H,6-7,9H2,1H3. The number of ether oxygens (including phenoxy) is 1. The maximum atomic E-state index is 12.3. The van der Waals surface area contributed by atoms with Crippen LogP contribution in [0.5, 0.6) is 0 Å². The zero-order valence-electron chi connectivity index (χ0n) is 11.2. The fourth-order valence-electron chi connectivity index (χ4n) is 2.14. The number of rotatable bonds is 5. The molecule has 0 aliphatic heterocycles. The molecule has 3 aromatic rings. The molecular weight excluding hydrogens is 274 g/mol. The van der Waals surface area contributed by atoms with Gasteiger partial charge in [0.25, 0.3) is 5.56 Å². The minimum atomic E-state index is 0.0603. The van der Waals surface area contributed by atoms with Crippen LogP contribution in [0.4, 0.5) is 0 Å². The average molecular weight is 289 g/mol. The second-order valence-corrected chi connectivity index (χ2v) is 5.56. The molecule has 20 heavy (non-hydrogen) atoms. The van der Waals surface area contributed by atoms with E-state index in [2.05, 4.69) is 4.98 Å². The quantitative estimate of drug-likeness (QED) is 0.721. The molecule has 3 rings (SSSR count). The highest BCUT2D eigenvalue weighted by Gasteiger charge is 2.09. The van der Waals surface area contributed by atoms with Gasteiger partial charge >= 0.3 is 0 Å². The summed E-state index contributed by atoms with van der Waals surface area (Å²) in [6.45, 7) is 1.91. The van der Waals surface area contributed by atoms with Crippen LogP contribution in [0, 0.1) is 0 Å². The molecule has 0 aliphatic carbocycles. The summed E-state index contributed by atoms with van der Waals surface area (Å²) >= 11 is 1.49. The summed E-state index contributed by atoms with van der Waals surface area (Å²) < 4.78 is 9.87. The van der Waals surface area contributed by atoms with Gasteiger partial charge in [0.2, 0.25) is 0 Å². The summed E-state index contributed by atoms with van der Waals surface area (Å²) in [5.74, 6) is 0. The van der Waals surface area contributed by atoms with Crippen molar-refractivity contribution in [2.45, 2.75) is 13.1 Å². The lowest BCUT2D eigenvalue weighted by molar-refractivity contribution is 0.186. The largest absolute Gasteiger partial charge is 0.383 e. The Kier molecular flexibility index (Phi) is 3.66. The van der Waals surface area contributed by atoms with Crippen molar-refractivity contribution in [2.75, 3.05) is 13.7 Å². The van der Waals surface area contributed by atoms with Gasteiger partial charge in [0, 0.05) is 19.9 Å². The molecule has 104 valence electrons. The first-order chi connectivity index (χ1) is 9.79. The molecular formula is C14H15N3O2S. The second-order valence-electron chi connectivity index (χ2n) is 4.50. The van der Waals surface area contributed by atoms with Crippen LogP contribution < -0.4 is 5.56 Å². The first-order valence-electron chi connectivity index (χ1n) is 6.36. The van der Waals surface area contributed by atoms with Gasteiger partial charge in [-0.15, -0.1) is 0 Å². The van der Waals surface area contributed by atoms with Crippen LogP contribution >= 0.6 is 11.5 Å². The van der Waals surface area contributed by atoms with E-state index in [1.165, 1.54) is 11.5 Å². The third kappa shape index (κ3) is 2.39. The zero-order valence-corrected chi connectivity index (χ0v) is 12.0. The first-order valence-corrected chi connectivity index (χ1v) is 7.13. The average Bonchev–Trinajstić information content (AvgIpc) is 3.03. The van der Waals surface area contributed by atoms with Crippen molar-refractivity contribution >= 4 is 21.6 Å². The molecule has 0 radical (unpaired) electrons. The van der Waals surface area contributed by atoms with Crippen LogP contribution in [-0.2, 0) is 17.8 Å². The second kappa shape index (κ2) is 5.60. The molecule has 1 aromatic carbocycles. The molecule has 6 heteroatoms. The van der Waals surface area contributed by atoms with E-state index in [1.807, 2.05) is 28.8 Å². The predicted octanol–water partition coefficient (Wildman–Crippen LogP) is 1.95. The number of imidazole rings is 1. The molecule has 0 N–H and O–H groups in total. The number of nitrogens with zero attached hydrogens (tertiary/aromatic N) is 3. The van der Waals surface area contributed by atoms with E-state index in [0.29, 0.717) is 13.2 Å². The van der Waals surface area contributed by atoms with Gasteiger partial charge in [0.05, 0.1) is 35.3 Å². The Bertz CT molecular complexity index is 772. The lowest BCUT2D eigenvalue weighted by Crippen LogP contribution is -2.16. The van der Waals surface area contributed by atoms with E-state index in [1.54, 1.807) is 23.6 Å². The predicted molar refractivity (Wildman–Crippen MR) is 79.3 cm³/mol. The highest BCUT2D eigenvalue weighted by atomic mass is 32.1. The Balaban J connectivity index is 1.92. The van der Waals surface area contributed by atoms with E-state index in [4.69, 9.17) is 4.74 Å². The third-order valence-electron chi connectivity index (χ3n) is 3.19. The Labute approximate surface area is 120 Å². The Morgan fingerprint density at radius 3 is 3.00 bits per heavy atom. The Morgan fingerprint density at radius 1 is 1.35 bits per heavy atom. The number of fused-ring (bicyclic) bond motifs is 1. The molecule has 0 spiro atoms. The summed E-state index contributed by atoms with van der Waals surface area (Å²) in [7, 11) is 1.67. The van der Waals surface area contributed by atoms with Gasteiger partial charge in [-0.3, -0.25) is 8.75 Å². The van der Waals surface area contributed by atoms with Crippen molar-refractivity contribution in [1.82, 2.24) is 13.5 Å². The van der Waals surface area contributed by atoms with E-state index in [0.717, 1.165) is 22.3 Å². The minimum absolute atomic E-state index is 0.0603. The molecule has 0 amide bonds. The number of benzene rings is 1. The number of hydrogen-bond donors (Lipinski definition) is 0. The van der Waals surface area contributed by atoms with Crippen molar-refractivity contribution in [1.29, 1.82) is 0 Å². The Morgan fingerprint density at radius 2 is 2.20 bits per heavy atom. The summed E-state index contributed by atoms with van der Waals surface area (Å²) in [6, 6.07) is 7.68. The molecule has 0 bridgehead atoms. The molecule has 0 aliphatic rings. The maximum absolute atomic E-state index is 12.3. The van der Waals surface area contributed by atoms with Gasteiger partial charge in [-0.05, 0) is 12.1 Å². The van der Waals surface area contributed by atoms with Gasteiger partial charge in [-0.1, -0.05) is 23.7 Å². The molecule has 0 fully saturated rings. The fourth-order valence-corrected chi connectivity index (χ4v) is 3.15. The minimum Gasteiger partial charge on any atom is -0.383 e. The van der Waals surface area contributed by atoms with Crippen LogP contribution in [0.3, 0.4) is 0 Å². The Hall–Kier alpha value is -1.92. The monoisotopic (exact) mass is 289 g/mol. The first kappa shape index (κ1) is 13.1. The van der Waals surface area contributed by atoms with Crippen LogP contribution in [0.2, 0.25) is 0 Å². The van der Waals surface area contributed by atoms with Gasteiger partial charge < -0.3 is 9.30 Å². The van der Waals surface area contributed by atoms with Crippen LogP contribution in [0.1, 0.15) is 5.69 Å². The summed E-state index contributed by atoms with van der Waals surface area (Å²) in [4.78, 5) is 16.5. The van der Waals surface area contributed by atoms with Crippen LogP contribution in [0.15, 0.2) is 41.6 Å².